The molecule has 1 aromatic carbocycles. The molecular formula is C16H23N3O. The van der Waals surface area contributed by atoms with Crippen LogP contribution in [0.25, 0.3) is 0 Å². The van der Waals surface area contributed by atoms with Crippen molar-refractivity contribution >= 4 is 0 Å². The smallest absolute Gasteiger partial charge is 0.124 e. The molecule has 4 nitrogen and oxygen atoms in total. The number of aromatic amines is 1. The first-order chi connectivity index (χ1) is 9.56. The molecule has 0 amide bonds. The summed E-state index contributed by atoms with van der Waals surface area (Å²) in [5.41, 5.74) is 2.27. The van der Waals surface area contributed by atoms with Crippen molar-refractivity contribution < 1.29 is 4.74 Å². The zero-order valence-electron chi connectivity index (χ0n) is 12.6. The molecule has 20 heavy (non-hydrogen) atoms. The van der Waals surface area contributed by atoms with E-state index in [0.29, 0.717) is 0 Å². The Hall–Kier alpha value is -1.81. The predicted octanol–water partition coefficient (Wildman–Crippen LogP) is 3.36. The predicted molar refractivity (Wildman–Crippen MR) is 80.8 cm³/mol. The molecule has 1 atom stereocenters. The van der Waals surface area contributed by atoms with Crippen LogP contribution in [0.3, 0.4) is 0 Å². The summed E-state index contributed by atoms with van der Waals surface area (Å²) in [6, 6.07) is 8.39. The fourth-order valence-electron chi connectivity index (χ4n) is 2.13. The highest BCUT2D eigenvalue weighted by Crippen LogP contribution is 2.25. The van der Waals surface area contributed by atoms with E-state index in [1.807, 2.05) is 45.2 Å². The van der Waals surface area contributed by atoms with Crippen molar-refractivity contribution in [3.8, 4) is 5.75 Å². The monoisotopic (exact) mass is 273 g/mol. The summed E-state index contributed by atoms with van der Waals surface area (Å²) in [6.07, 6.45) is 2.05. The van der Waals surface area contributed by atoms with E-state index in [1.54, 1.807) is 0 Å². The van der Waals surface area contributed by atoms with Gasteiger partial charge in [0.25, 0.3) is 0 Å². The molecule has 0 saturated carbocycles. The Bertz CT molecular complexity index is 548. The third-order valence-electron chi connectivity index (χ3n) is 3.10. The fourth-order valence-corrected chi connectivity index (χ4v) is 2.13. The van der Waals surface area contributed by atoms with Crippen LogP contribution in [-0.4, -0.2) is 16.1 Å². The number of imidazole rings is 1. The molecule has 1 aromatic heterocycles. The number of hydrogen-bond acceptors (Lipinski definition) is 3. The molecule has 2 aromatic rings. The lowest BCUT2D eigenvalue weighted by atomic mass is 10.1. The zero-order chi connectivity index (χ0) is 14.5. The lowest BCUT2D eigenvalue weighted by Crippen LogP contribution is -2.20. The maximum absolute atomic E-state index is 5.86. The number of nitrogens with zero attached hydrogens (tertiary/aromatic N) is 1. The van der Waals surface area contributed by atoms with Crippen LogP contribution in [0.4, 0.5) is 0 Å². The number of rotatable bonds is 6. The first kappa shape index (κ1) is 14.6. The second kappa shape index (κ2) is 6.57. The Labute approximate surface area is 120 Å². The molecule has 2 N–H and O–H groups in total. The van der Waals surface area contributed by atoms with Crippen molar-refractivity contribution in [3.05, 3.63) is 47.5 Å². The van der Waals surface area contributed by atoms with E-state index in [-0.39, 0.29) is 12.1 Å². The number of nitrogens with one attached hydrogen (secondary N) is 2. The van der Waals surface area contributed by atoms with E-state index in [1.165, 1.54) is 5.56 Å². The number of H-pyrrole nitrogens is 1. The van der Waals surface area contributed by atoms with E-state index < -0.39 is 0 Å². The van der Waals surface area contributed by atoms with Crippen LogP contribution in [0.5, 0.6) is 5.75 Å². The minimum atomic E-state index is 0.179. The van der Waals surface area contributed by atoms with Crippen molar-refractivity contribution in [2.75, 3.05) is 0 Å². The van der Waals surface area contributed by atoms with Crippen LogP contribution in [0.1, 0.15) is 43.9 Å². The quantitative estimate of drug-likeness (QED) is 0.848. The summed E-state index contributed by atoms with van der Waals surface area (Å²) in [5.74, 6) is 1.89. The number of benzene rings is 1. The van der Waals surface area contributed by atoms with Crippen molar-refractivity contribution in [3.63, 3.8) is 0 Å². The van der Waals surface area contributed by atoms with Crippen molar-refractivity contribution in [2.45, 2.75) is 46.4 Å². The molecule has 0 aliphatic rings. The third kappa shape index (κ3) is 3.84. The van der Waals surface area contributed by atoms with E-state index in [2.05, 4.69) is 28.3 Å². The molecule has 2 rings (SSSR count). The average molecular weight is 273 g/mol. The van der Waals surface area contributed by atoms with Gasteiger partial charge in [0.1, 0.15) is 11.6 Å². The normalized spacial score (nSPS) is 12.7. The minimum absolute atomic E-state index is 0.179. The van der Waals surface area contributed by atoms with E-state index in [4.69, 9.17) is 4.74 Å². The maximum atomic E-state index is 5.86. The molecule has 0 aliphatic heterocycles. The van der Waals surface area contributed by atoms with Gasteiger partial charge in [-0.05, 0) is 33.8 Å². The Balaban J connectivity index is 2.03. The van der Waals surface area contributed by atoms with Gasteiger partial charge in [-0.25, -0.2) is 4.98 Å². The Morgan fingerprint density at radius 2 is 2.00 bits per heavy atom. The van der Waals surface area contributed by atoms with Gasteiger partial charge < -0.3 is 15.0 Å². The van der Waals surface area contributed by atoms with Gasteiger partial charge >= 0.3 is 0 Å². The molecule has 1 unspecified atom stereocenters. The van der Waals surface area contributed by atoms with Gasteiger partial charge in [0.2, 0.25) is 0 Å². The molecule has 0 saturated heterocycles. The van der Waals surface area contributed by atoms with E-state index in [9.17, 15) is 0 Å². The summed E-state index contributed by atoms with van der Waals surface area (Å²) in [4.78, 5) is 7.43. The van der Waals surface area contributed by atoms with E-state index in [0.717, 1.165) is 23.8 Å². The standard InChI is InChI=1S/C16H23N3O/c1-11(2)20-16-8-6-5-7-15(16)12(3)17-9-14-10-18-13(4)19-14/h5-8,10-12,17H,9H2,1-4H3,(H,18,19). The van der Waals surface area contributed by atoms with Crippen molar-refractivity contribution in [1.82, 2.24) is 15.3 Å². The number of ether oxygens (including phenoxy) is 1. The molecule has 1 heterocycles. The van der Waals surface area contributed by atoms with Crippen molar-refractivity contribution in [2.24, 2.45) is 0 Å². The summed E-state index contributed by atoms with van der Waals surface area (Å²) in [7, 11) is 0. The fraction of sp³-hybridized carbons (Fsp3) is 0.438. The van der Waals surface area contributed by atoms with Gasteiger partial charge in [-0.3, -0.25) is 0 Å². The van der Waals surface area contributed by atoms with Gasteiger partial charge in [-0.1, -0.05) is 18.2 Å². The largest absolute Gasteiger partial charge is 0.491 e. The highest BCUT2D eigenvalue weighted by molar-refractivity contribution is 5.35. The lowest BCUT2D eigenvalue weighted by Gasteiger charge is -2.19. The molecule has 108 valence electrons. The molecule has 0 radical (unpaired) electrons. The number of aryl methyl sites for hydroxylation is 1. The zero-order valence-corrected chi connectivity index (χ0v) is 12.6. The van der Waals surface area contributed by atoms with Crippen LogP contribution < -0.4 is 10.1 Å². The topological polar surface area (TPSA) is 49.9 Å². The Kier molecular flexibility index (Phi) is 4.79. The van der Waals surface area contributed by atoms with Crippen LogP contribution >= 0.6 is 0 Å². The number of aromatic nitrogens is 2. The van der Waals surface area contributed by atoms with Crippen molar-refractivity contribution in [1.29, 1.82) is 0 Å². The molecule has 0 bridgehead atoms. The molecule has 0 fully saturated rings. The lowest BCUT2D eigenvalue weighted by molar-refractivity contribution is 0.238. The van der Waals surface area contributed by atoms with Crippen LogP contribution in [0, 0.1) is 6.92 Å². The summed E-state index contributed by atoms with van der Waals surface area (Å²) in [5, 5.41) is 3.49. The van der Waals surface area contributed by atoms with Gasteiger partial charge in [0.15, 0.2) is 0 Å². The van der Waals surface area contributed by atoms with Gasteiger partial charge in [-0.15, -0.1) is 0 Å². The van der Waals surface area contributed by atoms with Crippen LogP contribution in [-0.2, 0) is 6.54 Å². The molecule has 4 heteroatoms. The Morgan fingerprint density at radius 3 is 2.65 bits per heavy atom. The summed E-state index contributed by atoms with van der Waals surface area (Å²) >= 11 is 0. The second-order valence-electron chi connectivity index (χ2n) is 5.30. The number of hydrogen-bond donors (Lipinski definition) is 2. The third-order valence-corrected chi connectivity index (χ3v) is 3.10. The average Bonchev–Trinajstić information content (AvgIpc) is 2.82. The van der Waals surface area contributed by atoms with Crippen LogP contribution in [0.2, 0.25) is 0 Å². The molecule has 0 spiro atoms. The number of para-hydroxylation sites is 1. The second-order valence-corrected chi connectivity index (χ2v) is 5.30. The van der Waals surface area contributed by atoms with Gasteiger partial charge in [-0.2, -0.15) is 0 Å². The summed E-state index contributed by atoms with van der Waals surface area (Å²) in [6.45, 7) is 8.95. The van der Waals surface area contributed by atoms with Gasteiger partial charge in [0, 0.05) is 30.0 Å². The summed E-state index contributed by atoms with van der Waals surface area (Å²) < 4.78 is 5.86. The highest BCUT2D eigenvalue weighted by atomic mass is 16.5. The maximum Gasteiger partial charge on any atom is 0.124 e. The van der Waals surface area contributed by atoms with Gasteiger partial charge in [0.05, 0.1) is 6.10 Å². The Morgan fingerprint density at radius 1 is 1.25 bits per heavy atom. The highest BCUT2D eigenvalue weighted by Gasteiger charge is 2.12. The molecular weight excluding hydrogens is 250 g/mol. The van der Waals surface area contributed by atoms with Crippen LogP contribution in [0.15, 0.2) is 30.5 Å². The molecule has 0 aliphatic carbocycles. The first-order valence-electron chi connectivity index (χ1n) is 7.05. The minimum Gasteiger partial charge on any atom is -0.491 e. The first-order valence-corrected chi connectivity index (χ1v) is 7.05. The SMILES string of the molecule is Cc1ncc(CNC(C)c2ccccc2OC(C)C)[nH]1. The van der Waals surface area contributed by atoms with E-state index >= 15 is 0 Å².